The number of nitrogens with zero attached hydrogens (tertiary/aromatic N) is 2. The third-order valence-corrected chi connectivity index (χ3v) is 10.00. The van der Waals surface area contributed by atoms with Gasteiger partial charge >= 0.3 is 0 Å². The molecule has 4 atom stereocenters. The molecule has 10 nitrogen and oxygen atoms in total. The van der Waals surface area contributed by atoms with Gasteiger partial charge < -0.3 is 26.2 Å². The lowest BCUT2D eigenvalue weighted by atomic mass is 9.57. The maximum Gasteiger partial charge on any atom is 0.255 e. The number of carbonyl (C=O) groups is 3. The van der Waals surface area contributed by atoms with E-state index in [9.17, 15) is 34.8 Å². The third-order valence-electron chi connectivity index (χ3n) is 10.00. The van der Waals surface area contributed by atoms with Crippen molar-refractivity contribution in [1.29, 1.82) is 0 Å². The molecule has 0 aromatic heterocycles. The first-order valence-corrected chi connectivity index (χ1v) is 13.6. The standard InChI is InChI=1S/C29H34FN3O7/c1-32(2)22-16-9-12-8-15-19(17(34)10-13(21(15)30)11-33(3)28(6-7-28)14-4-5-14)23(35)18(12)25(37)29(16,40)26(38)20(24(22)36)27(31)39/h10,12,14,16,22,34-35,38,40H,4-9,11H2,1-3H3,(H2,31,39)/t12-,16-,22-,29-/m0/s1. The number of hydrogen-bond acceptors (Lipinski definition) is 9. The largest absolute Gasteiger partial charge is 0.508 e. The van der Waals surface area contributed by atoms with E-state index in [-0.39, 0.29) is 47.2 Å². The van der Waals surface area contributed by atoms with E-state index in [1.165, 1.54) is 25.1 Å². The van der Waals surface area contributed by atoms with Crippen molar-refractivity contribution in [3.63, 3.8) is 0 Å². The Balaban J connectivity index is 1.44. The van der Waals surface area contributed by atoms with Gasteiger partial charge in [0.15, 0.2) is 11.4 Å². The summed E-state index contributed by atoms with van der Waals surface area (Å²) in [5.74, 6) is -7.47. The molecule has 1 aromatic carbocycles. The topological polar surface area (TPSA) is 165 Å². The second kappa shape index (κ2) is 8.61. The molecule has 6 N–H and O–H groups in total. The summed E-state index contributed by atoms with van der Waals surface area (Å²) in [6.07, 6.45) is 4.28. The fourth-order valence-electron chi connectivity index (χ4n) is 7.73. The van der Waals surface area contributed by atoms with Crippen LogP contribution in [0.1, 0.15) is 48.8 Å². The maximum atomic E-state index is 16.1. The highest BCUT2D eigenvalue weighted by Crippen LogP contribution is 2.58. The van der Waals surface area contributed by atoms with Crippen LogP contribution < -0.4 is 5.73 Å². The number of nitrogens with two attached hydrogens (primary N) is 1. The monoisotopic (exact) mass is 555 g/mol. The molecule has 214 valence electrons. The fourth-order valence-corrected chi connectivity index (χ4v) is 7.73. The number of primary amides is 1. The number of phenolic OH excluding ortho intramolecular Hbond substituents is 1. The highest BCUT2D eigenvalue weighted by Gasteiger charge is 2.64. The first kappa shape index (κ1) is 26.9. The number of aliphatic hydroxyl groups is 3. The second-order valence-electron chi connectivity index (χ2n) is 12.4. The zero-order chi connectivity index (χ0) is 29.0. The van der Waals surface area contributed by atoms with Crippen LogP contribution in [0, 0.1) is 23.6 Å². The Morgan fingerprint density at radius 3 is 2.35 bits per heavy atom. The second-order valence-corrected chi connectivity index (χ2v) is 12.4. The molecule has 1 aromatic rings. The number of amides is 1. The summed E-state index contributed by atoms with van der Waals surface area (Å²) >= 11 is 0. The summed E-state index contributed by atoms with van der Waals surface area (Å²) in [5, 5.41) is 44.8. The Hall–Kier alpha value is -3.28. The number of aromatic hydroxyl groups is 1. The van der Waals surface area contributed by atoms with Crippen LogP contribution in [0.15, 0.2) is 23.0 Å². The Bertz CT molecular complexity index is 1440. The number of phenols is 1. The smallest absolute Gasteiger partial charge is 0.255 e. The molecule has 0 heterocycles. The highest BCUT2D eigenvalue weighted by molar-refractivity contribution is 6.24. The number of fused-ring (bicyclic) bond motifs is 3. The molecule has 1 amide bonds. The van der Waals surface area contributed by atoms with Gasteiger partial charge in [-0.1, -0.05) is 0 Å². The van der Waals surface area contributed by atoms with E-state index in [1.54, 1.807) is 0 Å². The van der Waals surface area contributed by atoms with Crippen molar-refractivity contribution in [1.82, 2.24) is 9.80 Å². The van der Waals surface area contributed by atoms with E-state index in [4.69, 9.17) is 5.73 Å². The Labute approximate surface area is 230 Å². The number of halogens is 1. The van der Waals surface area contributed by atoms with Gasteiger partial charge in [-0.15, -0.1) is 0 Å². The quantitative estimate of drug-likeness (QED) is 0.327. The molecule has 6 rings (SSSR count). The van der Waals surface area contributed by atoms with Crippen LogP contribution in [0.5, 0.6) is 5.75 Å². The molecular weight excluding hydrogens is 521 g/mol. The number of hydrogen-bond donors (Lipinski definition) is 5. The van der Waals surface area contributed by atoms with E-state index in [0.29, 0.717) is 5.92 Å². The SMILES string of the molecule is CN(C)[C@@H]1C(=O)C(C(N)=O)=C(O)[C@@]2(O)C(=O)C3=C(O)c4c(O)cc(CN(C)C5(C6CC6)CC5)c(F)c4C[C@H]3C[C@@H]12. The van der Waals surface area contributed by atoms with E-state index in [1.807, 2.05) is 7.05 Å². The first-order chi connectivity index (χ1) is 18.8. The predicted octanol–water partition coefficient (Wildman–Crippen LogP) is 1.48. The minimum atomic E-state index is -2.72. The summed E-state index contributed by atoms with van der Waals surface area (Å²) in [6, 6.07) is 0.0762. The lowest BCUT2D eigenvalue weighted by molar-refractivity contribution is -0.153. The Morgan fingerprint density at radius 1 is 1.15 bits per heavy atom. The minimum Gasteiger partial charge on any atom is -0.508 e. The molecule has 3 saturated carbocycles. The van der Waals surface area contributed by atoms with Crippen LogP contribution in [0.3, 0.4) is 0 Å². The van der Waals surface area contributed by atoms with Crippen LogP contribution in [0.2, 0.25) is 0 Å². The summed E-state index contributed by atoms with van der Waals surface area (Å²) in [4.78, 5) is 42.7. The van der Waals surface area contributed by atoms with Gasteiger partial charge in [0.2, 0.25) is 5.78 Å². The lowest BCUT2D eigenvalue weighted by Gasteiger charge is -2.50. The van der Waals surface area contributed by atoms with Crippen molar-refractivity contribution in [2.45, 2.75) is 62.3 Å². The average molecular weight is 556 g/mol. The van der Waals surface area contributed by atoms with Crippen molar-refractivity contribution >= 4 is 23.2 Å². The maximum absolute atomic E-state index is 16.1. The molecule has 0 bridgehead atoms. The molecule has 0 aliphatic heterocycles. The molecular formula is C29H34FN3O7. The van der Waals surface area contributed by atoms with Gasteiger partial charge in [-0.25, -0.2) is 4.39 Å². The molecule has 40 heavy (non-hydrogen) atoms. The van der Waals surface area contributed by atoms with Gasteiger partial charge in [0.1, 0.15) is 28.7 Å². The number of carbonyl (C=O) groups excluding carboxylic acids is 3. The van der Waals surface area contributed by atoms with Crippen molar-refractivity contribution in [3.05, 3.63) is 45.5 Å². The summed E-state index contributed by atoms with van der Waals surface area (Å²) in [6.45, 7) is 0.276. The van der Waals surface area contributed by atoms with Gasteiger partial charge in [0.25, 0.3) is 5.91 Å². The van der Waals surface area contributed by atoms with E-state index in [0.717, 1.165) is 25.7 Å². The molecule has 5 aliphatic carbocycles. The molecule has 0 unspecified atom stereocenters. The molecule has 5 aliphatic rings. The average Bonchev–Trinajstić information content (AvgIpc) is 3.77. The van der Waals surface area contributed by atoms with Gasteiger partial charge in [0.05, 0.1) is 11.6 Å². The molecule has 0 radical (unpaired) electrons. The fraction of sp³-hybridized carbons (Fsp3) is 0.552. The van der Waals surface area contributed by atoms with E-state index in [2.05, 4.69) is 4.90 Å². The van der Waals surface area contributed by atoms with Crippen molar-refractivity contribution < 1.29 is 39.2 Å². The zero-order valence-electron chi connectivity index (χ0n) is 22.7. The normalized spacial score (nSPS) is 30.9. The molecule has 0 saturated heterocycles. The van der Waals surface area contributed by atoms with Crippen molar-refractivity contribution in [3.8, 4) is 5.75 Å². The molecule has 0 spiro atoms. The number of aliphatic hydroxyl groups excluding tert-OH is 2. The van der Waals surface area contributed by atoms with Gasteiger partial charge in [-0.3, -0.25) is 24.2 Å². The van der Waals surface area contributed by atoms with Crippen LogP contribution in [-0.4, -0.2) is 86.0 Å². The van der Waals surface area contributed by atoms with E-state index >= 15 is 4.39 Å². The summed E-state index contributed by atoms with van der Waals surface area (Å²) in [7, 11) is 5.02. The number of likely N-dealkylation sites (N-methyl/N-ethyl adjacent to an activating group) is 1. The minimum absolute atomic E-state index is 0.0605. The van der Waals surface area contributed by atoms with E-state index < -0.39 is 69.6 Å². The third kappa shape index (κ3) is 3.47. The number of benzene rings is 1. The van der Waals surface area contributed by atoms with Crippen LogP contribution >= 0.6 is 0 Å². The number of rotatable bonds is 6. The van der Waals surface area contributed by atoms with Crippen LogP contribution in [0.25, 0.3) is 5.76 Å². The zero-order valence-corrected chi connectivity index (χ0v) is 22.7. The first-order valence-electron chi connectivity index (χ1n) is 13.6. The Morgan fingerprint density at radius 2 is 1.80 bits per heavy atom. The Kier molecular flexibility index (Phi) is 5.79. The summed E-state index contributed by atoms with van der Waals surface area (Å²) in [5.41, 5.74) is 1.63. The molecule has 11 heteroatoms. The lowest BCUT2D eigenvalue weighted by Crippen LogP contribution is -2.65. The number of ketones is 2. The van der Waals surface area contributed by atoms with Crippen LogP contribution in [0.4, 0.5) is 4.39 Å². The van der Waals surface area contributed by atoms with Gasteiger partial charge in [0, 0.05) is 34.7 Å². The predicted molar refractivity (Wildman–Crippen MR) is 140 cm³/mol. The van der Waals surface area contributed by atoms with Crippen molar-refractivity contribution in [2.75, 3.05) is 21.1 Å². The summed E-state index contributed by atoms with van der Waals surface area (Å²) < 4.78 is 16.1. The molecule has 3 fully saturated rings. The van der Waals surface area contributed by atoms with Crippen LogP contribution in [-0.2, 0) is 27.3 Å². The highest BCUT2D eigenvalue weighted by atomic mass is 19.1. The van der Waals surface area contributed by atoms with Gasteiger partial charge in [-0.05, 0) is 77.6 Å². The van der Waals surface area contributed by atoms with Gasteiger partial charge in [-0.2, -0.15) is 0 Å². The van der Waals surface area contributed by atoms with Crippen molar-refractivity contribution in [2.24, 2.45) is 23.5 Å². The number of Topliss-reactive ketones (excluding diaryl/α,β-unsaturated/α-hetero) is 2.